The number of nitrogens with zero attached hydrogens (tertiary/aromatic N) is 6. The SMILES string of the molecule is O=C(Cn1nnnc1CN1CCOCC1)N1CCC(c2ccccc2F)C1. The fraction of sp³-hybridized carbons (Fsp3) is 0.556. The summed E-state index contributed by atoms with van der Waals surface area (Å²) in [4.78, 5) is 16.7. The van der Waals surface area contributed by atoms with Crippen molar-refractivity contribution < 1.29 is 13.9 Å². The Labute approximate surface area is 156 Å². The lowest BCUT2D eigenvalue weighted by Gasteiger charge is -2.25. The number of hydrogen-bond donors (Lipinski definition) is 0. The van der Waals surface area contributed by atoms with E-state index in [1.165, 1.54) is 6.07 Å². The summed E-state index contributed by atoms with van der Waals surface area (Å²) in [5.74, 6) is 0.474. The van der Waals surface area contributed by atoms with Gasteiger partial charge in [0.05, 0.1) is 19.8 Å². The van der Waals surface area contributed by atoms with E-state index in [2.05, 4.69) is 20.4 Å². The molecule has 4 rings (SSSR count). The zero-order chi connectivity index (χ0) is 18.6. The van der Waals surface area contributed by atoms with Gasteiger partial charge in [-0.05, 0) is 28.5 Å². The molecule has 0 radical (unpaired) electrons. The first-order chi connectivity index (χ1) is 13.2. The minimum absolute atomic E-state index is 0.0376. The molecule has 27 heavy (non-hydrogen) atoms. The van der Waals surface area contributed by atoms with Gasteiger partial charge < -0.3 is 9.64 Å². The highest BCUT2D eigenvalue weighted by Crippen LogP contribution is 2.29. The van der Waals surface area contributed by atoms with E-state index in [0.29, 0.717) is 44.2 Å². The zero-order valence-corrected chi connectivity index (χ0v) is 15.1. The van der Waals surface area contributed by atoms with Crippen LogP contribution in [0.15, 0.2) is 24.3 Å². The fourth-order valence-electron chi connectivity index (χ4n) is 3.69. The first-order valence-electron chi connectivity index (χ1n) is 9.28. The van der Waals surface area contributed by atoms with Gasteiger partial charge in [0.25, 0.3) is 0 Å². The molecule has 1 unspecified atom stereocenters. The molecule has 1 atom stereocenters. The van der Waals surface area contributed by atoms with Crippen LogP contribution < -0.4 is 0 Å². The van der Waals surface area contributed by atoms with E-state index in [4.69, 9.17) is 4.74 Å². The van der Waals surface area contributed by atoms with Crippen LogP contribution >= 0.6 is 0 Å². The third kappa shape index (κ3) is 4.14. The van der Waals surface area contributed by atoms with Crippen molar-refractivity contribution in [2.24, 2.45) is 0 Å². The maximum atomic E-state index is 14.0. The normalized spacial score (nSPS) is 20.9. The molecule has 1 amide bonds. The van der Waals surface area contributed by atoms with Gasteiger partial charge in [0.1, 0.15) is 12.4 Å². The second kappa shape index (κ2) is 8.10. The number of tetrazole rings is 1. The summed E-state index contributed by atoms with van der Waals surface area (Å²) in [7, 11) is 0. The molecule has 144 valence electrons. The number of benzene rings is 1. The number of hydrogen-bond acceptors (Lipinski definition) is 6. The van der Waals surface area contributed by atoms with Gasteiger partial charge >= 0.3 is 0 Å². The van der Waals surface area contributed by atoms with Crippen molar-refractivity contribution in [1.29, 1.82) is 0 Å². The molecule has 0 aliphatic carbocycles. The largest absolute Gasteiger partial charge is 0.379 e. The number of aromatic nitrogens is 4. The highest BCUT2D eigenvalue weighted by molar-refractivity contribution is 5.76. The van der Waals surface area contributed by atoms with Gasteiger partial charge in [0.2, 0.25) is 5.91 Å². The Kier molecular flexibility index (Phi) is 5.40. The molecule has 1 aromatic carbocycles. The average Bonchev–Trinajstić information content (AvgIpc) is 3.33. The quantitative estimate of drug-likeness (QED) is 0.765. The minimum Gasteiger partial charge on any atom is -0.379 e. The van der Waals surface area contributed by atoms with Gasteiger partial charge in [-0.15, -0.1) is 5.10 Å². The van der Waals surface area contributed by atoms with Crippen molar-refractivity contribution in [3.05, 3.63) is 41.5 Å². The fourth-order valence-corrected chi connectivity index (χ4v) is 3.69. The third-order valence-corrected chi connectivity index (χ3v) is 5.25. The second-order valence-corrected chi connectivity index (χ2v) is 6.99. The molecule has 2 saturated heterocycles. The van der Waals surface area contributed by atoms with Crippen LogP contribution in [0.2, 0.25) is 0 Å². The number of morpholine rings is 1. The van der Waals surface area contributed by atoms with Crippen molar-refractivity contribution in [2.75, 3.05) is 39.4 Å². The number of ether oxygens (including phenoxy) is 1. The summed E-state index contributed by atoms with van der Waals surface area (Å²) in [5.41, 5.74) is 0.684. The van der Waals surface area contributed by atoms with Crippen LogP contribution in [0.1, 0.15) is 23.7 Å². The maximum absolute atomic E-state index is 14.0. The summed E-state index contributed by atoms with van der Waals surface area (Å²) in [6.07, 6.45) is 0.767. The second-order valence-electron chi connectivity index (χ2n) is 6.99. The molecule has 2 aromatic rings. The highest BCUT2D eigenvalue weighted by atomic mass is 19.1. The number of likely N-dealkylation sites (tertiary alicyclic amines) is 1. The summed E-state index contributed by atoms with van der Waals surface area (Å²) in [5, 5.41) is 11.8. The van der Waals surface area contributed by atoms with E-state index in [0.717, 1.165) is 19.5 Å². The molecule has 8 nitrogen and oxygen atoms in total. The Bertz CT molecular complexity index is 792. The summed E-state index contributed by atoms with van der Waals surface area (Å²) >= 11 is 0. The van der Waals surface area contributed by atoms with E-state index in [-0.39, 0.29) is 24.2 Å². The molecule has 0 N–H and O–H groups in total. The van der Waals surface area contributed by atoms with E-state index >= 15 is 0 Å². The van der Waals surface area contributed by atoms with Gasteiger partial charge in [-0.1, -0.05) is 18.2 Å². The molecule has 0 saturated carbocycles. The van der Waals surface area contributed by atoms with Gasteiger partial charge in [-0.2, -0.15) is 0 Å². The van der Waals surface area contributed by atoms with Crippen molar-refractivity contribution in [3.8, 4) is 0 Å². The highest BCUT2D eigenvalue weighted by Gasteiger charge is 2.29. The molecule has 1 aromatic heterocycles. The Morgan fingerprint density at radius 1 is 1.22 bits per heavy atom. The Morgan fingerprint density at radius 2 is 2.04 bits per heavy atom. The van der Waals surface area contributed by atoms with Gasteiger partial charge in [-0.25, -0.2) is 9.07 Å². The average molecular weight is 374 g/mol. The summed E-state index contributed by atoms with van der Waals surface area (Å²) in [6.45, 7) is 4.92. The standard InChI is InChI=1S/C18H23FN6O2/c19-16-4-2-1-3-15(16)14-5-6-24(11-14)18(26)13-25-17(20-21-22-25)12-23-7-9-27-10-8-23/h1-4,14H,5-13H2. The van der Waals surface area contributed by atoms with E-state index in [1.54, 1.807) is 21.7 Å². The third-order valence-electron chi connectivity index (χ3n) is 5.25. The molecule has 2 aliphatic heterocycles. The lowest BCUT2D eigenvalue weighted by atomic mass is 9.98. The lowest BCUT2D eigenvalue weighted by molar-refractivity contribution is -0.131. The van der Waals surface area contributed by atoms with Crippen molar-refractivity contribution in [2.45, 2.75) is 25.4 Å². The summed E-state index contributed by atoms with van der Waals surface area (Å²) in [6, 6.07) is 6.79. The lowest BCUT2D eigenvalue weighted by Crippen LogP contribution is -2.37. The van der Waals surface area contributed by atoms with Crippen molar-refractivity contribution in [3.63, 3.8) is 0 Å². The van der Waals surface area contributed by atoms with Crippen molar-refractivity contribution in [1.82, 2.24) is 30.0 Å². The van der Waals surface area contributed by atoms with Crippen LogP contribution in [0.5, 0.6) is 0 Å². The topological polar surface area (TPSA) is 76.4 Å². The first kappa shape index (κ1) is 18.0. The molecular weight excluding hydrogens is 351 g/mol. The number of carbonyl (C=O) groups excluding carboxylic acids is 1. The monoisotopic (exact) mass is 374 g/mol. The predicted molar refractivity (Wildman–Crippen MR) is 94.3 cm³/mol. The molecular formula is C18H23FN6O2. The van der Waals surface area contributed by atoms with Crippen LogP contribution in [-0.4, -0.2) is 75.3 Å². The summed E-state index contributed by atoms with van der Waals surface area (Å²) < 4.78 is 20.9. The number of amides is 1. The van der Waals surface area contributed by atoms with Crippen LogP contribution in [0.3, 0.4) is 0 Å². The van der Waals surface area contributed by atoms with Gasteiger partial charge in [-0.3, -0.25) is 9.69 Å². The Hall–Kier alpha value is -2.39. The van der Waals surface area contributed by atoms with Crippen LogP contribution in [0.4, 0.5) is 4.39 Å². The molecule has 0 bridgehead atoms. The van der Waals surface area contributed by atoms with Crippen LogP contribution in [0, 0.1) is 5.82 Å². The number of rotatable bonds is 5. The van der Waals surface area contributed by atoms with Crippen LogP contribution in [0.25, 0.3) is 0 Å². The van der Waals surface area contributed by atoms with Gasteiger partial charge in [0.15, 0.2) is 5.82 Å². The first-order valence-corrected chi connectivity index (χ1v) is 9.28. The number of carbonyl (C=O) groups is 1. The minimum atomic E-state index is -0.204. The van der Waals surface area contributed by atoms with Crippen LogP contribution in [-0.2, 0) is 22.6 Å². The van der Waals surface area contributed by atoms with E-state index in [1.807, 2.05) is 6.07 Å². The Morgan fingerprint density at radius 3 is 2.85 bits per heavy atom. The van der Waals surface area contributed by atoms with Crippen molar-refractivity contribution >= 4 is 5.91 Å². The molecule has 9 heteroatoms. The smallest absolute Gasteiger partial charge is 0.244 e. The zero-order valence-electron chi connectivity index (χ0n) is 15.1. The van der Waals surface area contributed by atoms with E-state index in [9.17, 15) is 9.18 Å². The molecule has 2 fully saturated rings. The predicted octanol–water partition coefficient (Wildman–Crippen LogP) is 0.660. The Balaban J connectivity index is 1.36. The van der Waals surface area contributed by atoms with Gasteiger partial charge in [0, 0.05) is 32.1 Å². The molecule has 3 heterocycles. The maximum Gasteiger partial charge on any atom is 0.244 e. The van der Waals surface area contributed by atoms with E-state index < -0.39 is 0 Å². The molecule has 2 aliphatic rings. The number of halogens is 1. The molecule has 0 spiro atoms.